The molecule has 0 saturated heterocycles. The van der Waals surface area contributed by atoms with Gasteiger partial charge in [-0.1, -0.05) is 11.6 Å². The molecule has 0 amide bonds. The molecule has 1 rings (SSSR count). The van der Waals surface area contributed by atoms with Gasteiger partial charge >= 0.3 is 0 Å². The van der Waals surface area contributed by atoms with Crippen LogP contribution in [0.25, 0.3) is 0 Å². The molecule has 1 aromatic rings. The minimum absolute atomic E-state index is 0.131. The summed E-state index contributed by atoms with van der Waals surface area (Å²) >= 11 is 6.73. The molecule has 0 aromatic carbocycles. The highest BCUT2D eigenvalue weighted by molar-refractivity contribution is 7.91. The molecular weight excluding hydrogens is 258 g/mol. The molecule has 1 N–H and O–H groups in total. The van der Waals surface area contributed by atoms with Gasteiger partial charge in [-0.15, -0.1) is 11.3 Å². The van der Waals surface area contributed by atoms with Crippen LogP contribution in [0.5, 0.6) is 0 Å². The maximum Gasteiger partial charge on any atom is 0.250 e. The molecule has 0 spiro atoms. The van der Waals surface area contributed by atoms with Crippen molar-refractivity contribution in [1.82, 2.24) is 4.72 Å². The standard InChI is InChI=1S/C8H10ClNO3S2/c1-5-3-7(14-8(5)9)15(12,13)10-4-6(2)11/h3,10H,4H2,1-2H3. The van der Waals surface area contributed by atoms with E-state index >= 15 is 0 Å². The fraction of sp³-hybridized carbons (Fsp3) is 0.375. The van der Waals surface area contributed by atoms with Gasteiger partial charge in [0.05, 0.1) is 10.9 Å². The molecule has 1 aromatic heterocycles. The minimum Gasteiger partial charge on any atom is -0.299 e. The van der Waals surface area contributed by atoms with Crippen LogP contribution in [0.15, 0.2) is 10.3 Å². The maximum atomic E-state index is 11.6. The fourth-order valence-corrected chi connectivity index (χ4v) is 3.64. The van der Waals surface area contributed by atoms with E-state index in [2.05, 4.69) is 4.72 Å². The highest BCUT2D eigenvalue weighted by atomic mass is 35.5. The van der Waals surface area contributed by atoms with E-state index in [-0.39, 0.29) is 16.5 Å². The Bertz CT molecular complexity index is 459. The Hall–Kier alpha value is -0.430. The minimum atomic E-state index is -3.59. The lowest BCUT2D eigenvalue weighted by Crippen LogP contribution is -2.27. The van der Waals surface area contributed by atoms with Gasteiger partial charge < -0.3 is 0 Å². The van der Waals surface area contributed by atoms with Crippen molar-refractivity contribution in [1.29, 1.82) is 0 Å². The van der Waals surface area contributed by atoms with E-state index < -0.39 is 10.0 Å². The summed E-state index contributed by atoms with van der Waals surface area (Å²) in [5.74, 6) is -0.238. The quantitative estimate of drug-likeness (QED) is 0.901. The summed E-state index contributed by atoms with van der Waals surface area (Å²) in [6, 6.07) is 1.48. The second-order valence-electron chi connectivity index (χ2n) is 3.05. The maximum absolute atomic E-state index is 11.6. The lowest BCUT2D eigenvalue weighted by atomic mass is 10.4. The summed E-state index contributed by atoms with van der Waals surface area (Å²) < 4.78 is 25.9. The smallest absolute Gasteiger partial charge is 0.250 e. The van der Waals surface area contributed by atoms with Crippen molar-refractivity contribution in [2.75, 3.05) is 6.54 Å². The molecular formula is C8H10ClNO3S2. The van der Waals surface area contributed by atoms with Gasteiger partial charge in [-0.05, 0) is 25.5 Å². The van der Waals surface area contributed by atoms with Gasteiger partial charge in [0.15, 0.2) is 0 Å². The van der Waals surface area contributed by atoms with Crippen LogP contribution >= 0.6 is 22.9 Å². The van der Waals surface area contributed by atoms with Crippen molar-refractivity contribution in [3.63, 3.8) is 0 Å². The SMILES string of the molecule is CC(=O)CNS(=O)(=O)c1cc(C)c(Cl)s1. The molecule has 0 saturated carbocycles. The van der Waals surface area contributed by atoms with Gasteiger partial charge in [0.1, 0.15) is 9.99 Å². The summed E-state index contributed by atoms with van der Waals surface area (Å²) in [6.45, 7) is 2.84. The molecule has 1 heterocycles. The van der Waals surface area contributed by atoms with Crippen molar-refractivity contribution < 1.29 is 13.2 Å². The molecule has 7 heteroatoms. The van der Waals surface area contributed by atoms with Crippen molar-refractivity contribution >= 4 is 38.7 Å². The van der Waals surface area contributed by atoms with E-state index in [0.717, 1.165) is 11.3 Å². The summed E-state index contributed by atoms with van der Waals surface area (Å²) in [6.07, 6.45) is 0. The largest absolute Gasteiger partial charge is 0.299 e. The van der Waals surface area contributed by atoms with E-state index in [0.29, 0.717) is 9.90 Å². The molecule has 0 aliphatic rings. The second-order valence-corrected chi connectivity index (χ2v) is 6.70. The van der Waals surface area contributed by atoms with Crippen molar-refractivity contribution in [2.45, 2.75) is 18.1 Å². The van der Waals surface area contributed by atoms with Crippen molar-refractivity contribution in [3.05, 3.63) is 16.0 Å². The molecule has 0 atom stereocenters. The number of ketones is 1. The number of sulfonamides is 1. The summed E-state index contributed by atoms with van der Waals surface area (Å²) in [5, 5.41) is 0. The van der Waals surface area contributed by atoms with Gasteiger partial charge in [0.2, 0.25) is 0 Å². The van der Waals surface area contributed by atoms with Gasteiger partial charge in [0.25, 0.3) is 10.0 Å². The molecule has 0 radical (unpaired) electrons. The topological polar surface area (TPSA) is 63.2 Å². The van der Waals surface area contributed by atoms with E-state index in [4.69, 9.17) is 11.6 Å². The number of hydrogen-bond acceptors (Lipinski definition) is 4. The number of carbonyl (C=O) groups is 1. The molecule has 4 nitrogen and oxygen atoms in total. The van der Waals surface area contributed by atoms with Gasteiger partial charge in [-0.25, -0.2) is 13.1 Å². The van der Waals surface area contributed by atoms with Crippen LogP contribution in [-0.4, -0.2) is 20.7 Å². The number of halogens is 1. The van der Waals surface area contributed by atoms with Crippen LogP contribution < -0.4 is 4.72 Å². The first-order valence-electron chi connectivity index (χ1n) is 4.08. The molecule has 0 fully saturated rings. The second kappa shape index (κ2) is 4.61. The normalized spacial score (nSPS) is 11.7. The fourth-order valence-electron chi connectivity index (χ4n) is 0.832. The summed E-state index contributed by atoms with van der Waals surface area (Å²) in [7, 11) is -3.59. The Morgan fingerprint density at radius 2 is 2.20 bits per heavy atom. The van der Waals surface area contributed by atoms with Crippen molar-refractivity contribution in [3.8, 4) is 0 Å². The highest BCUT2D eigenvalue weighted by Crippen LogP contribution is 2.29. The molecule has 0 bridgehead atoms. The lowest BCUT2D eigenvalue weighted by Gasteiger charge is -2.00. The summed E-state index contributed by atoms with van der Waals surface area (Å²) in [5.41, 5.74) is 0.713. The number of hydrogen-bond donors (Lipinski definition) is 1. The molecule has 84 valence electrons. The first-order valence-corrected chi connectivity index (χ1v) is 6.76. The first kappa shape index (κ1) is 12.6. The Balaban J connectivity index is 2.91. The highest BCUT2D eigenvalue weighted by Gasteiger charge is 2.18. The Morgan fingerprint density at radius 1 is 1.60 bits per heavy atom. The van der Waals surface area contributed by atoms with Crippen LogP contribution in [-0.2, 0) is 14.8 Å². The number of carbonyl (C=O) groups excluding carboxylic acids is 1. The number of Topliss-reactive ketones (excluding diaryl/α,β-unsaturated/α-hetero) is 1. The molecule has 0 unspecified atom stereocenters. The third-order valence-electron chi connectivity index (χ3n) is 1.61. The van der Waals surface area contributed by atoms with Gasteiger partial charge in [0, 0.05) is 0 Å². The zero-order valence-electron chi connectivity index (χ0n) is 8.20. The first-order chi connectivity index (χ1) is 6.83. The summed E-state index contributed by atoms with van der Waals surface area (Å²) in [4.78, 5) is 10.6. The van der Waals surface area contributed by atoms with E-state index in [1.54, 1.807) is 6.92 Å². The van der Waals surface area contributed by atoms with Crippen LogP contribution in [0.4, 0.5) is 0 Å². The predicted molar refractivity (Wildman–Crippen MR) is 59.9 cm³/mol. The average Bonchev–Trinajstić information content (AvgIpc) is 2.45. The van der Waals surface area contributed by atoms with Crippen LogP contribution in [0.2, 0.25) is 4.34 Å². The zero-order chi connectivity index (χ0) is 11.6. The van der Waals surface area contributed by atoms with E-state index in [1.165, 1.54) is 13.0 Å². The number of nitrogens with one attached hydrogen (secondary N) is 1. The van der Waals surface area contributed by atoms with E-state index in [9.17, 15) is 13.2 Å². The molecule has 0 aliphatic heterocycles. The van der Waals surface area contributed by atoms with E-state index in [1.807, 2.05) is 0 Å². The number of aryl methyl sites for hydroxylation is 1. The van der Waals surface area contributed by atoms with Gasteiger partial charge in [-0.3, -0.25) is 4.79 Å². The molecule has 15 heavy (non-hydrogen) atoms. The van der Waals surface area contributed by atoms with Crippen LogP contribution in [0.1, 0.15) is 12.5 Å². The third kappa shape index (κ3) is 3.27. The Labute approximate surface area is 97.3 Å². The lowest BCUT2D eigenvalue weighted by molar-refractivity contribution is -0.115. The Kier molecular flexibility index (Phi) is 3.88. The van der Waals surface area contributed by atoms with Gasteiger partial charge in [-0.2, -0.15) is 0 Å². The van der Waals surface area contributed by atoms with Crippen molar-refractivity contribution in [2.24, 2.45) is 0 Å². The third-order valence-corrected chi connectivity index (χ3v) is 5.04. The zero-order valence-corrected chi connectivity index (χ0v) is 10.6. The molecule has 0 aliphatic carbocycles. The predicted octanol–water partition coefficient (Wildman–Crippen LogP) is 1.58. The average molecular weight is 268 g/mol. The Morgan fingerprint density at radius 3 is 2.60 bits per heavy atom. The van der Waals surface area contributed by atoms with Crippen LogP contribution in [0.3, 0.4) is 0 Å². The monoisotopic (exact) mass is 267 g/mol. The number of rotatable bonds is 4. The van der Waals surface area contributed by atoms with Crippen LogP contribution in [0, 0.1) is 6.92 Å². The number of thiophene rings is 1.